The molecule has 0 aromatic carbocycles. The third kappa shape index (κ3) is 4.24. The zero-order valence-corrected chi connectivity index (χ0v) is 17.7. The Kier molecular flexibility index (Phi) is 6.13. The van der Waals surface area contributed by atoms with E-state index in [2.05, 4.69) is 20.1 Å². The molecule has 2 amide bonds. The van der Waals surface area contributed by atoms with Crippen LogP contribution in [0.5, 0.6) is 5.75 Å². The second-order valence-electron chi connectivity index (χ2n) is 8.79. The summed E-state index contributed by atoms with van der Waals surface area (Å²) in [6, 6.07) is 3.88. The summed E-state index contributed by atoms with van der Waals surface area (Å²) in [5, 5.41) is 12.4. The summed E-state index contributed by atoms with van der Waals surface area (Å²) in [5.41, 5.74) is -0.327. The Labute approximate surface area is 177 Å². The highest BCUT2D eigenvalue weighted by atomic mass is 16.6. The van der Waals surface area contributed by atoms with E-state index < -0.39 is 6.09 Å². The van der Waals surface area contributed by atoms with Crippen LogP contribution < -0.4 is 15.0 Å². The predicted molar refractivity (Wildman–Crippen MR) is 112 cm³/mol. The number of likely N-dealkylation sites (tertiary alicyclic amines) is 1. The molecule has 2 N–H and O–H groups in total. The highest BCUT2D eigenvalue weighted by Crippen LogP contribution is 2.43. The molecule has 4 rings (SSSR count). The monoisotopic (exact) mass is 416 g/mol. The van der Waals surface area contributed by atoms with Crippen LogP contribution >= 0.6 is 0 Å². The van der Waals surface area contributed by atoms with Gasteiger partial charge in [-0.05, 0) is 64.0 Å². The fourth-order valence-corrected chi connectivity index (χ4v) is 5.18. The molecule has 1 saturated carbocycles. The molecule has 8 heteroatoms. The number of piperidine rings is 1. The Hall–Kier alpha value is -2.35. The first-order valence-corrected chi connectivity index (χ1v) is 11.2. The lowest BCUT2D eigenvalue weighted by molar-refractivity contribution is -0.139. The third-order valence-corrected chi connectivity index (χ3v) is 6.81. The number of nitrogens with one attached hydrogen (secondary N) is 1. The number of hydrogen-bond acceptors (Lipinski definition) is 6. The zero-order chi connectivity index (χ0) is 21.1. The quantitative estimate of drug-likeness (QED) is 0.782. The number of aliphatic hydroxyl groups excluding tert-OH is 1. The van der Waals surface area contributed by atoms with E-state index >= 15 is 0 Å². The number of rotatable bonds is 4. The van der Waals surface area contributed by atoms with Crippen LogP contribution in [0.4, 0.5) is 10.6 Å². The highest BCUT2D eigenvalue weighted by Gasteiger charge is 2.50. The molecule has 3 fully saturated rings. The molecule has 1 aliphatic carbocycles. The van der Waals surface area contributed by atoms with E-state index in [1.54, 1.807) is 12.3 Å². The summed E-state index contributed by atoms with van der Waals surface area (Å²) in [4.78, 5) is 33.7. The number of nitrogens with zero attached hydrogens (tertiary/aromatic N) is 3. The summed E-state index contributed by atoms with van der Waals surface area (Å²) >= 11 is 0. The molecule has 0 bridgehead atoms. The summed E-state index contributed by atoms with van der Waals surface area (Å²) in [7, 11) is 0. The van der Waals surface area contributed by atoms with Crippen LogP contribution in [-0.2, 0) is 4.79 Å². The van der Waals surface area contributed by atoms with Crippen molar-refractivity contribution in [2.45, 2.75) is 64.0 Å². The van der Waals surface area contributed by atoms with Gasteiger partial charge in [0, 0.05) is 32.2 Å². The van der Waals surface area contributed by atoms with Crippen molar-refractivity contribution in [2.75, 3.05) is 31.1 Å². The van der Waals surface area contributed by atoms with Crippen LogP contribution in [0.25, 0.3) is 0 Å². The molecule has 0 radical (unpaired) electrons. The summed E-state index contributed by atoms with van der Waals surface area (Å²) < 4.78 is 5.19. The summed E-state index contributed by atoms with van der Waals surface area (Å²) in [6.45, 7) is 4.71. The Morgan fingerprint density at radius 1 is 1.27 bits per heavy atom. The minimum atomic E-state index is -0.490. The number of aliphatic hydroxyl groups is 1. The zero-order valence-electron chi connectivity index (χ0n) is 17.7. The molecule has 3 heterocycles. The van der Waals surface area contributed by atoms with Crippen LogP contribution in [0.3, 0.4) is 0 Å². The van der Waals surface area contributed by atoms with Gasteiger partial charge in [0.05, 0.1) is 17.7 Å². The Bertz CT molecular complexity index is 763. The molecule has 1 aromatic rings. The fourth-order valence-electron chi connectivity index (χ4n) is 5.18. The van der Waals surface area contributed by atoms with Gasteiger partial charge in [0.15, 0.2) is 5.75 Å². The van der Waals surface area contributed by atoms with Gasteiger partial charge < -0.3 is 25.0 Å². The maximum absolute atomic E-state index is 13.4. The van der Waals surface area contributed by atoms with Crippen molar-refractivity contribution in [2.24, 2.45) is 5.41 Å². The number of carbonyl (C=O) groups is 2. The number of amides is 2. The van der Waals surface area contributed by atoms with E-state index in [0.29, 0.717) is 18.8 Å². The third-order valence-electron chi connectivity index (χ3n) is 6.81. The molecule has 164 valence electrons. The number of ether oxygens (including phenoxy) is 1. The Balaban J connectivity index is 1.40. The van der Waals surface area contributed by atoms with Gasteiger partial charge in [0.25, 0.3) is 0 Å². The van der Waals surface area contributed by atoms with E-state index in [0.717, 1.165) is 63.9 Å². The van der Waals surface area contributed by atoms with Crippen molar-refractivity contribution < 1.29 is 19.4 Å². The fraction of sp³-hybridized carbons (Fsp3) is 0.682. The van der Waals surface area contributed by atoms with Crippen molar-refractivity contribution in [1.29, 1.82) is 0 Å². The lowest BCUT2D eigenvalue weighted by Gasteiger charge is -2.41. The molecule has 1 atom stereocenters. The summed E-state index contributed by atoms with van der Waals surface area (Å²) in [6.07, 6.45) is 7.03. The van der Waals surface area contributed by atoms with Crippen LogP contribution in [0.2, 0.25) is 0 Å². The molecular weight excluding hydrogens is 384 g/mol. The number of carbonyl (C=O) groups excluding carboxylic acids is 2. The normalized spacial score (nSPS) is 29.3. The molecule has 2 saturated heterocycles. The second-order valence-corrected chi connectivity index (χ2v) is 8.79. The van der Waals surface area contributed by atoms with Crippen LogP contribution in [0.1, 0.15) is 51.9 Å². The first-order valence-electron chi connectivity index (χ1n) is 11.2. The molecule has 1 unspecified atom stereocenters. The molecular formula is C22H32N4O4. The average Bonchev–Trinajstić information content (AvgIpc) is 3.05. The van der Waals surface area contributed by atoms with Crippen LogP contribution in [0, 0.1) is 5.41 Å². The maximum Gasteiger partial charge on any atom is 0.412 e. The van der Waals surface area contributed by atoms with Gasteiger partial charge in [-0.3, -0.25) is 4.79 Å². The molecule has 1 spiro atoms. The average molecular weight is 417 g/mol. The van der Waals surface area contributed by atoms with Crippen molar-refractivity contribution in [3.8, 4) is 5.75 Å². The Morgan fingerprint density at radius 2 is 2.07 bits per heavy atom. The van der Waals surface area contributed by atoms with Crippen molar-refractivity contribution in [1.82, 2.24) is 15.2 Å². The maximum atomic E-state index is 13.4. The molecule has 8 nitrogen and oxygen atoms in total. The van der Waals surface area contributed by atoms with Gasteiger partial charge in [-0.1, -0.05) is 0 Å². The van der Waals surface area contributed by atoms with E-state index in [-0.39, 0.29) is 23.5 Å². The molecule has 1 aromatic heterocycles. The lowest BCUT2D eigenvalue weighted by Crippen LogP contribution is -2.50. The van der Waals surface area contributed by atoms with Gasteiger partial charge >= 0.3 is 6.09 Å². The van der Waals surface area contributed by atoms with Crippen LogP contribution in [-0.4, -0.2) is 65.3 Å². The van der Waals surface area contributed by atoms with Crippen molar-refractivity contribution in [3.63, 3.8) is 0 Å². The molecule has 3 aliphatic rings. The number of anilines is 1. The Morgan fingerprint density at radius 3 is 2.77 bits per heavy atom. The SMILES string of the molecule is CCNC(=O)Oc1ccc(N2CCCC3(CCN(C4CCC(O)CC4)C3=O)C2)nc1. The first kappa shape index (κ1) is 20.9. The minimum Gasteiger partial charge on any atom is -0.409 e. The minimum absolute atomic E-state index is 0.204. The smallest absolute Gasteiger partial charge is 0.409 e. The van der Waals surface area contributed by atoms with Gasteiger partial charge in [-0.15, -0.1) is 0 Å². The predicted octanol–water partition coefficient (Wildman–Crippen LogP) is 2.31. The van der Waals surface area contributed by atoms with Crippen molar-refractivity contribution in [3.05, 3.63) is 18.3 Å². The standard InChI is InChI=1S/C22H32N4O4/c1-2-23-21(29)30-18-8-9-19(24-14-18)25-12-3-10-22(15-25)11-13-26(20(22)28)16-4-6-17(27)7-5-16/h8-9,14,16-17,27H,2-7,10-13,15H2,1H3,(H,23,29). The number of hydrogen-bond donors (Lipinski definition) is 2. The van der Waals surface area contributed by atoms with E-state index in [1.165, 1.54) is 0 Å². The van der Waals surface area contributed by atoms with E-state index in [9.17, 15) is 14.7 Å². The van der Waals surface area contributed by atoms with Crippen molar-refractivity contribution >= 4 is 17.8 Å². The van der Waals surface area contributed by atoms with Gasteiger partial charge in [-0.2, -0.15) is 0 Å². The van der Waals surface area contributed by atoms with E-state index in [4.69, 9.17) is 4.74 Å². The number of aromatic nitrogens is 1. The van der Waals surface area contributed by atoms with Crippen LogP contribution in [0.15, 0.2) is 18.3 Å². The molecule has 30 heavy (non-hydrogen) atoms. The highest BCUT2D eigenvalue weighted by molar-refractivity contribution is 5.86. The largest absolute Gasteiger partial charge is 0.412 e. The molecule has 2 aliphatic heterocycles. The first-order chi connectivity index (χ1) is 14.5. The lowest BCUT2D eigenvalue weighted by atomic mass is 9.78. The topological polar surface area (TPSA) is 95.0 Å². The van der Waals surface area contributed by atoms with Gasteiger partial charge in [0.1, 0.15) is 5.82 Å². The van der Waals surface area contributed by atoms with Gasteiger partial charge in [-0.25, -0.2) is 9.78 Å². The van der Waals surface area contributed by atoms with Gasteiger partial charge in [0.2, 0.25) is 5.91 Å². The number of pyridine rings is 1. The van der Waals surface area contributed by atoms with E-state index in [1.807, 2.05) is 13.0 Å². The second kappa shape index (κ2) is 8.79. The summed E-state index contributed by atoms with van der Waals surface area (Å²) in [5.74, 6) is 1.49.